The van der Waals surface area contributed by atoms with Crippen LogP contribution in [0.3, 0.4) is 0 Å². The molecule has 0 unspecified atom stereocenters. The Kier molecular flexibility index (Phi) is 4.31. The highest BCUT2D eigenvalue weighted by Crippen LogP contribution is 2.23. The summed E-state index contributed by atoms with van der Waals surface area (Å²) in [6, 6.07) is 15.7. The van der Waals surface area contributed by atoms with E-state index in [0.29, 0.717) is 11.5 Å². The first-order chi connectivity index (χ1) is 10.2. The molecule has 0 amide bonds. The molecule has 0 bridgehead atoms. The first-order valence-corrected chi connectivity index (χ1v) is 8.87. The van der Waals surface area contributed by atoms with E-state index in [1.165, 1.54) is 0 Å². The van der Waals surface area contributed by atoms with Crippen LogP contribution in [0.5, 0.6) is 5.75 Å². The number of methoxy groups -OCH3 is 1. The number of hydrogen-bond acceptors (Lipinski definition) is 4. The van der Waals surface area contributed by atoms with Crippen molar-refractivity contribution in [1.29, 1.82) is 0 Å². The zero-order valence-corrected chi connectivity index (χ0v) is 13.2. The predicted octanol–water partition coefficient (Wildman–Crippen LogP) is 3.75. The average Bonchev–Trinajstić information content (AvgIpc) is 2.89. The van der Waals surface area contributed by atoms with Crippen LogP contribution in [0.4, 0.5) is 0 Å². The van der Waals surface area contributed by atoms with Crippen molar-refractivity contribution in [2.75, 3.05) is 7.11 Å². The normalized spacial score (nSPS) is 12.4. The molecule has 0 spiro atoms. The number of nitrogens with zero attached hydrogens (tertiary/aromatic N) is 1. The molecule has 2 aromatic carbocycles. The summed E-state index contributed by atoms with van der Waals surface area (Å²) in [4.78, 5) is 4.53. The number of rotatable bonds is 5. The molecule has 1 aromatic heterocycles. The molecule has 3 aromatic rings. The second-order valence-electron chi connectivity index (χ2n) is 4.66. The number of hydrogen-bond donors (Lipinski definition) is 0. The molecule has 108 valence electrons. The summed E-state index contributed by atoms with van der Waals surface area (Å²) in [6.07, 6.45) is 0. The molecular weight excluding hydrogens is 302 g/mol. The lowest BCUT2D eigenvalue weighted by molar-refractivity contribution is 0.414. The van der Waals surface area contributed by atoms with Crippen molar-refractivity contribution in [1.82, 2.24) is 4.98 Å². The minimum atomic E-state index is -0.967. The summed E-state index contributed by atoms with van der Waals surface area (Å²) >= 11 is 1.61. The number of benzene rings is 2. The number of aromatic nitrogens is 1. The molecule has 0 radical (unpaired) electrons. The van der Waals surface area contributed by atoms with Crippen LogP contribution in [0.25, 0.3) is 10.2 Å². The van der Waals surface area contributed by atoms with E-state index >= 15 is 0 Å². The number of ether oxygens (including phenoxy) is 1. The first kappa shape index (κ1) is 14.2. The summed E-state index contributed by atoms with van der Waals surface area (Å²) in [5.41, 5.74) is 2.00. The topological polar surface area (TPSA) is 39.2 Å². The third-order valence-corrected chi connectivity index (χ3v) is 5.55. The third-order valence-electron chi connectivity index (χ3n) is 3.08. The third kappa shape index (κ3) is 3.49. The predicted molar refractivity (Wildman–Crippen MR) is 88.2 cm³/mol. The number of para-hydroxylation sites is 1. The van der Waals surface area contributed by atoms with Crippen molar-refractivity contribution in [2.24, 2.45) is 0 Å². The maximum absolute atomic E-state index is 12.3. The lowest BCUT2D eigenvalue weighted by atomic mass is 10.2. The van der Waals surface area contributed by atoms with Gasteiger partial charge < -0.3 is 4.74 Å². The Morgan fingerprint density at radius 2 is 2.00 bits per heavy atom. The van der Waals surface area contributed by atoms with E-state index in [1.807, 2.05) is 48.5 Å². The monoisotopic (exact) mass is 317 g/mol. The van der Waals surface area contributed by atoms with E-state index in [9.17, 15) is 4.21 Å². The van der Waals surface area contributed by atoms with Gasteiger partial charge in [0.05, 0.1) is 23.1 Å². The maximum Gasteiger partial charge on any atom is 0.119 e. The van der Waals surface area contributed by atoms with Crippen LogP contribution in [0, 0.1) is 0 Å². The second-order valence-corrected chi connectivity index (χ2v) is 7.23. The Labute approximate surface area is 130 Å². The molecule has 0 aliphatic heterocycles. The van der Waals surface area contributed by atoms with Gasteiger partial charge in [-0.1, -0.05) is 24.3 Å². The zero-order valence-electron chi connectivity index (χ0n) is 11.6. The second kappa shape index (κ2) is 6.37. The molecule has 1 atom stereocenters. The molecule has 0 N–H and O–H groups in total. The van der Waals surface area contributed by atoms with Gasteiger partial charge in [-0.25, -0.2) is 4.98 Å². The summed E-state index contributed by atoms with van der Waals surface area (Å²) in [5, 5.41) is 0.928. The van der Waals surface area contributed by atoms with Crippen molar-refractivity contribution in [3.8, 4) is 5.75 Å². The molecule has 21 heavy (non-hydrogen) atoms. The van der Waals surface area contributed by atoms with Gasteiger partial charge in [-0.3, -0.25) is 4.21 Å². The highest BCUT2D eigenvalue weighted by Gasteiger charge is 2.09. The van der Waals surface area contributed by atoms with Gasteiger partial charge >= 0.3 is 0 Å². The molecule has 3 nitrogen and oxygen atoms in total. The first-order valence-electron chi connectivity index (χ1n) is 6.57. The van der Waals surface area contributed by atoms with Gasteiger partial charge in [-0.15, -0.1) is 11.3 Å². The molecular formula is C16H15NO2S2. The van der Waals surface area contributed by atoms with Gasteiger partial charge in [0.25, 0.3) is 0 Å². The zero-order chi connectivity index (χ0) is 14.7. The maximum atomic E-state index is 12.3. The quantitative estimate of drug-likeness (QED) is 0.719. The van der Waals surface area contributed by atoms with E-state index in [4.69, 9.17) is 4.74 Å². The summed E-state index contributed by atoms with van der Waals surface area (Å²) in [7, 11) is 0.670. The Hall–Kier alpha value is -1.72. The van der Waals surface area contributed by atoms with E-state index in [-0.39, 0.29) is 0 Å². The molecule has 0 aliphatic rings. The molecule has 5 heteroatoms. The van der Waals surface area contributed by atoms with Crippen LogP contribution in [0.1, 0.15) is 10.6 Å². The lowest BCUT2D eigenvalue weighted by Crippen LogP contribution is -1.99. The molecule has 0 saturated heterocycles. The Bertz CT molecular complexity index is 750. The fraction of sp³-hybridized carbons (Fsp3) is 0.188. The van der Waals surface area contributed by atoms with Crippen molar-refractivity contribution in [3.63, 3.8) is 0 Å². The minimum absolute atomic E-state index is 0.497. The molecule has 0 saturated carbocycles. The van der Waals surface area contributed by atoms with Crippen molar-refractivity contribution < 1.29 is 8.95 Å². The standard InChI is InChI=1S/C16H15NO2S2/c1-19-13-6-4-5-12(9-13)10-21(18)11-16-17-14-7-2-3-8-15(14)20-16/h2-9H,10-11H2,1H3/t21-/m0/s1. The Morgan fingerprint density at radius 3 is 2.81 bits per heavy atom. The van der Waals surface area contributed by atoms with Crippen LogP contribution < -0.4 is 4.74 Å². The van der Waals surface area contributed by atoms with Gasteiger partial charge in [0, 0.05) is 16.6 Å². The van der Waals surface area contributed by atoms with Gasteiger partial charge in [0.1, 0.15) is 10.8 Å². The Morgan fingerprint density at radius 1 is 1.14 bits per heavy atom. The molecule has 0 aliphatic carbocycles. The smallest absolute Gasteiger partial charge is 0.119 e. The van der Waals surface area contributed by atoms with Gasteiger partial charge in [-0.05, 0) is 29.8 Å². The van der Waals surface area contributed by atoms with Gasteiger partial charge in [0.15, 0.2) is 0 Å². The van der Waals surface area contributed by atoms with Crippen LogP contribution in [0.2, 0.25) is 0 Å². The SMILES string of the molecule is COc1cccc(C[S@](=O)Cc2nc3ccccc3s2)c1. The van der Waals surface area contributed by atoms with Crippen LogP contribution in [0.15, 0.2) is 48.5 Å². The van der Waals surface area contributed by atoms with Crippen molar-refractivity contribution in [3.05, 3.63) is 59.1 Å². The highest BCUT2D eigenvalue weighted by molar-refractivity contribution is 7.83. The molecule has 3 rings (SSSR count). The summed E-state index contributed by atoms with van der Waals surface area (Å²) < 4.78 is 18.6. The molecule has 1 heterocycles. The fourth-order valence-corrected chi connectivity index (χ4v) is 4.50. The number of fused-ring (bicyclic) bond motifs is 1. The summed E-state index contributed by atoms with van der Waals surface area (Å²) in [5.74, 6) is 1.81. The largest absolute Gasteiger partial charge is 0.497 e. The van der Waals surface area contributed by atoms with Crippen molar-refractivity contribution >= 4 is 32.4 Å². The average molecular weight is 317 g/mol. The van der Waals surface area contributed by atoms with Crippen LogP contribution >= 0.6 is 11.3 Å². The van der Waals surface area contributed by atoms with E-state index in [1.54, 1.807) is 18.4 Å². The van der Waals surface area contributed by atoms with Crippen LogP contribution in [-0.4, -0.2) is 16.3 Å². The lowest BCUT2D eigenvalue weighted by Gasteiger charge is -2.03. The molecule has 0 fully saturated rings. The van der Waals surface area contributed by atoms with Crippen molar-refractivity contribution in [2.45, 2.75) is 11.5 Å². The van der Waals surface area contributed by atoms with E-state index in [0.717, 1.165) is 26.5 Å². The summed E-state index contributed by atoms with van der Waals surface area (Å²) in [6.45, 7) is 0. The minimum Gasteiger partial charge on any atom is -0.497 e. The number of thiazole rings is 1. The van der Waals surface area contributed by atoms with Gasteiger partial charge in [-0.2, -0.15) is 0 Å². The van der Waals surface area contributed by atoms with E-state index < -0.39 is 10.8 Å². The van der Waals surface area contributed by atoms with E-state index in [2.05, 4.69) is 4.98 Å². The fourth-order valence-electron chi connectivity index (χ4n) is 2.12. The van der Waals surface area contributed by atoms with Gasteiger partial charge in [0.2, 0.25) is 0 Å². The Balaban J connectivity index is 1.70. The highest BCUT2D eigenvalue weighted by atomic mass is 32.2. The van der Waals surface area contributed by atoms with Crippen LogP contribution in [-0.2, 0) is 22.3 Å².